The van der Waals surface area contributed by atoms with Gasteiger partial charge in [-0.1, -0.05) is 0 Å². The van der Waals surface area contributed by atoms with Crippen LogP contribution >= 0.6 is 11.8 Å². The quantitative estimate of drug-likeness (QED) is 0.258. The number of hydrogen-bond acceptors (Lipinski definition) is 4. The lowest BCUT2D eigenvalue weighted by Crippen LogP contribution is -2.29. The third kappa shape index (κ3) is 2.79. The molecule has 0 bridgehead atoms. The van der Waals surface area contributed by atoms with E-state index in [1.165, 1.54) is 4.90 Å². The number of carbonyl (C=O) groups is 1. The number of aromatic nitrogens is 1. The van der Waals surface area contributed by atoms with E-state index in [1.807, 2.05) is 18.3 Å². The lowest BCUT2D eigenvalue weighted by molar-refractivity contribution is 0.0953. The molecule has 2 aromatic carbocycles. The number of thioether (sulfide) groups is 1. The molecular formula is C16H16N4OS. The molecule has 0 saturated carbocycles. The number of aromatic amines is 1. The van der Waals surface area contributed by atoms with Crippen LogP contribution in [0, 0.1) is 0 Å². The van der Waals surface area contributed by atoms with Crippen LogP contribution in [0.15, 0.2) is 53.6 Å². The number of amides is 1. The Morgan fingerprint density at radius 2 is 1.95 bits per heavy atom. The van der Waals surface area contributed by atoms with E-state index < -0.39 is 0 Å². The van der Waals surface area contributed by atoms with E-state index in [4.69, 9.17) is 5.84 Å². The molecule has 112 valence electrons. The van der Waals surface area contributed by atoms with Gasteiger partial charge >= 0.3 is 0 Å². The summed E-state index contributed by atoms with van der Waals surface area (Å²) in [6, 6.07) is 13.5. The van der Waals surface area contributed by atoms with Crippen LogP contribution in [0.3, 0.4) is 0 Å². The molecule has 0 aliphatic carbocycles. The second-order valence-electron chi connectivity index (χ2n) is 4.79. The van der Waals surface area contributed by atoms with Crippen molar-refractivity contribution in [3.05, 3.63) is 54.2 Å². The first kappa shape index (κ1) is 14.5. The molecule has 22 heavy (non-hydrogen) atoms. The van der Waals surface area contributed by atoms with Crippen molar-refractivity contribution in [1.29, 1.82) is 0 Å². The Balaban J connectivity index is 1.88. The van der Waals surface area contributed by atoms with Crippen LogP contribution in [0.4, 0.5) is 11.4 Å². The number of rotatable bonds is 4. The average molecular weight is 312 g/mol. The van der Waals surface area contributed by atoms with Crippen molar-refractivity contribution in [1.82, 2.24) is 10.4 Å². The Morgan fingerprint density at radius 1 is 1.18 bits per heavy atom. The first-order valence-corrected chi connectivity index (χ1v) is 7.97. The van der Waals surface area contributed by atoms with Crippen molar-refractivity contribution in [2.24, 2.45) is 5.84 Å². The highest BCUT2D eigenvalue weighted by Crippen LogP contribution is 2.29. The van der Waals surface area contributed by atoms with Crippen LogP contribution in [0.5, 0.6) is 0 Å². The van der Waals surface area contributed by atoms with Crippen LogP contribution in [0.2, 0.25) is 0 Å². The molecule has 5 nitrogen and oxygen atoms in total. The number of anilines is 2. The van der Waals surface area contributed by atoms with Gasteiger partial charge in [0, 0.05) is 33.2 Å². The lowest BCUT2D eigenvalue weighted by Gasteiger charge is -2.06. The molecule has 0 fully saturated rings. The van der Waals surface area contributed by atoms with Crippen LogP contribution in [-0.2, 0) is 0 Å². The molecule has 1 amide bonds. The fraction of sp³-hybridized carbons (Fsp3) is 0.0625. The number of carbonyl (C=O) groups excluding carboxylic acids is 1. The van der Waals surface area contributed by atoms with Gasteiger partial charge in [-0.2, -0.15) is 0 Å². The fourth-order valence-corrected chi connectivity index (χ4v) is 2.71. The predicted octanol–water partition coefficient (Wildman–Crippen LogP) is 3.24. The van der Waals surface area contributed by atoms with Crippen molar-refractivity contribution in [3.63, 3.8) is 0 Å². The zero-order chi connectivity index (χ0) is 15.5. The fourth-order valence-electron chi connectivity index (χ4n) is 2.27. The number of hydrazine groups is 1. The van der Waals surface area contributed by atoms with Crippen LogP contribution < -0.4 is 16.6 Å². The molecule has 0 aliphatic heterocycles. The van der Waals surface area contributed by atoms with E-state index in [-0.39, 0.29) is 5.91 Å². The maximum absolute atomic E-state index is 11.4. The monoisotopic (exact) mass is 312 g/mol. The van der Waals surface area contributed by atoms with Crippen molar-refractivity contribution in [2.45, 2.75) is 4.90 Å². The summed E-state index contributed by atoms with van der Waals surface area (Å²) >= 11 is 1.71. The van der Waals surface area contributed by atoms with Crippen LogP contribution in [0.1, 0.15) is 10.4 Å². The third-order valence-corrected chi connectivity index (χ3v) is 4.17. The van der Waals surface area contributed by atoms with Crippen molar-refractivity contribution >= 4 is 39.9 Å². The molecule has 0 saturated heterocycles. The smallest absolute Gasteiger partial charge is 0.265 e. The molecule has 5 N–H and O–H groups in total. The van der Waals surface area contributed by atoms with Crippen LogP contribution in [0.25, 0.3) is 10.9 Å². The van der Waals surface area contributed by atoms with Gasteiger partial charge < -0.3 is 10.3 Å². The summed E-state index contributed by atoms with van der Waals surface area (Å²) in [7, 11) is 0. The topological polar surface area (TPSA) is 82.9 Å². The summed E-state index contributed by atoms with van der Waals surface area (Å²) in [5, 5.41) is 4.49. The van der Waals surface area contributed by atoms with Gasteiger partial charge in [0.1, 0.15) is 0 Å². The minimum Gasteiger partial charge on any atom is -0.359 e. The number of hydrogen-bond donors (Lipinski definition) is 4. The van der Waals surface area contributed by atoms with Crippen LogP contribution in [-0.4, -0.2) is 17.1 Å². The molecule has 0 spiro atoms. The molecule has 0 atom stereocenters. The minimum absolute atomic E-state index is 0.303. The van der Waals surface area contributed by atoms with Gasteiger partial charge in [-0.3, -0.25) is 10.2 Å². The normalized spacial score (nSPS) is 10.6. The van der Waals surface area contributed by atoms with Crippen molar-refractivity contribution in [3.8, 4) is 0 Å². The van der Waals surface area contributed by atoms with E-state index in [1.54, 1.807) is 23.9 Å². The SMILES string of the molecule is CSc1ccc2[nH]cc(Nc3ccc(C(=O)NN)cc3)c2c1. The Morgan fingerprint density at radius 3 is 2.64 bits per heavy atom. The highest BCUT2D eigenvalue weighted by Gasteiger charge is 2.06. The van der Waals surface area contributed by atoms with E-state index in [0.717, 1.165) is 22.3 Å². The molecule has 0 radical (unpaired) electrons. The highest BCUT2D eigenvalue weighted by molar-refractivity contribution is 7.98. The van der Waals surface area contributed by atoms with Gasteiger partial charge in [-0.05, 0) is 48.7 Å². The van der Waals surface area contributed by atoms with E-state index >= 15 is 0 Å². The van der Waals surface area contributed by atoms with Crippen molar-refractivity contribution in [2.75, 3.05) is 11.6 Å². The van der Waals surface area contributed by atoms with Gasteiger partial charge in [0.05, 0.1) is 5.69 Å². The maximum atomic E-state index is 11.4. The van der Waals surface area contributed by atoms with E-state index in [9.17, 15) is 4.79 Å². The molecule has 1 heterocycles. The molecule has 3 rings (SSSR count). The predicted molar refractivity (Wildman–Crippen MR) is 91.5 cm³/mol. The number of nitrogen functional groups attached to an aromatic ring is 1. The summed E-state index contributed by atoms with van der Waals surface area (Å²) in [5.41, 5.74) is 5.63. The summed E-state index contributed by atoms with van der Waals surface area (Å²) in [4.78, 5) is 15.9. The first-order chi connectivity index (χ1) is 10.7. The Labute approximate surface area is 132 Å². The summed E-state index contributed by atoms with van der Waals surface area (Å²) in [5.74, 6) is 4.82. The largest absolute Gasteiger partial charge is 0.359 e. The zero-order valence-corrected chi connectivity index (χ0v) is 12.8. The number of nitrogens with one attached hydrogen (secondary N) is 3. The van der Waals surface area contributed by atoms with Gasteiger partial charge in [-0.25, -0.2) is 5.84 Å². The maximum Gasteiger partial charge on any atom is 0.265 e. The Hall–Kier alpha value is -2.44. The Bertz CT molecular complexity index is 811. The highest BCUT2D eigenvalue weighted by atomic mass is 32.2. The van der Waals surface area contributed by atoms with E-state index in [0.29, 0.717) is 5.56 Å². The standard InChI is InChI=1S/C16H16N4OS/c1-22-12-6-7-14-13(8-12)15(9-18-14)19-11-4-2-10(3-5-11)16(21)20-17/h2-9,18-19H,17H2,1H3,(H,20,21). The summed E-state index contributed by atoms with van der Waals surface area (Å²) in [6.45, 7) is 0. The molecule has 6 heteroatoms. The second kappa shape index (κ2) is 6.13. The molecule has 1 aromatic heterocycles. The second-order valence-corrected chi connectivity index (χ2v) is 5.67. The number of benzene rings is 2. The lowest BCUT2D eigenvalue weighted by atomic mass is 10.2. The van der Waals surface area contributed by atoms with Gasteiger partial charge in [0.15, 0.2) is 0 Å². The zero-order valence-electron chi connectivity index (χ0n) is 12.0. The van der Waals surface area contributed by atoms with Gasteiger partial charge in [0.25, 0.3) is 5.91 Å². The molecule has 0 unspecified atom stereocenters. The molecule has 3 aromatic rings. The summed E-state index contributed by atoms with van der Waals surface area (Å²) in [6.07, 6.45) is 4.00. The molecular weight excluding hydrogens is 296 g/mol. The minimum atomic E-state index is -0.303. The number of nitrogens with two attached hydrogens (primary N) is 1. The van der Waals surface area contributed by atoms with Crippen molar-refractivity contribution < 1.29 is 4.79 Å². The average Bonchev–Trinajstić information content (AvgIpc) is 2.97. The van der Waals surface area contributed by atoms with Gasteiger partial charge in [-0.15, -0.1) is 11.8 Å². The first-order valence-electron chi connectivity index (χ1n) is 6.74. The summed E-state index contributed by atoms with van der Waals surface area (Å²) < 4.78 is 0. The number of H-pyrrole nitrogens is 1. The Kier molecular flexibility index (Phi) is 4.04. The van der Waals surface area contributed by atoms with E-state index in [2.05, 4.69) is 40.2 Å². The molecule has 0 aliphatic rings. The third-order valence-electron chi connectivity index (χ3n) is 3.45. The van der Waals surface area contributed by atoms with Gasteiger partial charge in [0.2, 0.25) is 0 Å². The number of fused-ring (bicyclic) bond motifs is 1.